The first-order valence-corrected chi connectivity index (χ1v) is 10.6. The van der Waals surface area contributed by atoms with Crippen LogP contribution in [0, 0.1) is 0 Å². The molecule has 31 heavy (non-hydrogen) atoms. The second-order valence-electron chi connectivity index (χ2n) is 6.54. The Balaban J connectivity index is 1.52. The van der Waals surface area contributed by atoms with Gasteiger partial charge in [0.05, 0.1) is 35.3 Å². The van der Waals surface area contributed by atoms with Crippen molar-refractivity contribution in [3.63, 3.8) is 0 Å². The summed E-state index contributed by atoms with van der Waals surface area (Å²) in [6.45, 7) is 0.388. The fourth-order valence-electron chi connectivity index (χ4n) is 3.13. The fraction of sp³-hybridized carbons (Fsp3) is 0.105. The number of hydrogen-bond acceptors (Lipinski definition) is 9. The Morgan fingerprint density at radius 2 is 1.97 bits per heavy atom. The molecular weight excluding hydrogens is 422 g/mol. The van der Waals surface area contributed by atoms with Gasteiger partial charge in [0.1, 0.15) is 5.39 Å². The van der Waals surface area contributed by atoms with E-state index >= 15 is 0 Å². The minimum absolute atomic E-state index is 0.0129. The number of methoxy groups -OCH3 is 1. The van der Waals surface area contributed by atoms with Gasteiger partial charge in [-0.1, -0.05) is 5.16 Å². The van der Waals surface area contributed by atoms with Crippen molar-refractivity contribution in [3.8, 4) is 5.88 Å². The first-order chi connectivity index (χ1) is 15.0. The predicted molar refractivity (Wildman–Crippen MR) is 110 cm³/mol. The van der Waals surface area contributed by atoms with Crippen LogP contribution in [0.25, 0.3) is 22.0 Å². The number of fused-ring (bicyclic) bond motifs is 2. The van der Waals surface area contributed by atoms with Crippen LogP contribution in [0.1, 0.15) is 5.69 Å². The molecule has 5 rings (SSSR count). The van der Waals surface area contributed by atoms with Crippen molar-refractivity contribution in [1.82, 2.24) is 29.9 Å². The van der Waals surface area contributed by atoms with Crippen molar-refractivity contribution >= 4 is 37.8 Å². The van der Waals surface area contributed by atoms with Gasteiger partial charge in [0.15, 0.2) is 11.4 Å². The topological polar surface area (TPSA) is 138 Å². The highest BCUT2D eigenvalue weighted by atomic mass is 32.2. The van der Waals surface area contributed by atoms with Crippen molar-refractivity contribution in [2.75, 3.05) is 11.8 Å². The van der Waals surface area contributed by atoms with Crippen LogP contribution in [0.3, 0.4) is 0 Å². The van der Waals surface area contributed by atoms with E-state index in [1.807, 2.05) is 0 Å². The number of aromatic nitrogens is 6. The smallest absolute Gasteiger partial charge is 0.263 e. The molecule has 0 unspecified atom stereocenters. The Hall–Kier alpha value is -4.06. The molecule has 1 N–H and O–H groups in total. The molecule has 0 fully saturated rings. The van der Waals surface area contributed by atoms with E-state index in [-0.39, 0.29) is 16.6 Å². The molecule has 11 nitrogen and oxygen atoms in total. The third-order valence-electron chi connectivity index (χ3n) is 4.53. The van der Waals surface area contributed by atoms with Gasteiger partial charge in [0.2, 0.25) is 5.88 Å². The first-order valence-electron chi connectivity index (χ1n) is 9.08. The van der Waals surface area contributed by atoms with Gasteiger partial charge in [0.25, 0.3) is 10.0 Å². The highest BCUT2D eigenvalue weighted by Gasteiger charge is 2.23. The van der Waals surface area contributed by atoms with Gasteiger partial charge in [-0.15, -0.1) is 0 Å². The maximum absolute atomic E-state index is 13.0. The zero-order valence-electron chi connectivity index (χ0n) is 16.1. The van der Waals surface area contributed by atoms with Crippen molar-refractivity contribution in [2.45, 2.75) is 11.4 Å². The average Bonchev–Trinajstić information content (AvgIpc) is 3.43. The zero-order chi connectivity index (χ0) is 21.4. The molecule has 0 atom stereocenters. The van der Waals surface area contributed by atoms with Crippen LogP contribution >= 0.6 is 0 Å². The van der Waals surface area contributed by atoms with Gasteiger partial charge >= 0.3 is 0 Å². The molecule has 0 aliphatic rings. The van der Waals surface area contributed by atoms with Crippen LogP contribution in [0.2, 0.25) is 0 Å². The Bertz CT molecular complexity index is 1500. The number of nitrogens with one attached hydrogen (secondary N) is 1. The van der Waals surface area contributed by atoms with Crippen molar-refractivity contribution in [3.05, 3.63) is 60.8 Å². The molecule has 0 spiro atoms. The molecule has 5 aromatic rings. The maximum Gasteiger partial charge on any atom is 0.263 e. The van der Waals surface area contributed by atoms with Crippen LogP contribution in [-0.2, 0) is 16.6 Å². The summed E-state index contributed by atoms with van der Waals surface area (Å²) < 4.78 is 40.8. The number of pyridine rings is 1. The largest absolute Gasteiger partial charge is 0.480 e. The van der Waals surface area contributed by atoms with Crippen molar-refractivity contribution in [1.29, 1.82) is 0 Å². The lowest BCUT2D eigenvalue weighted by Gasteiger charge is -2.08. The quantitative estimate of drug-likeness (QED) is 0.424. The van der Waals surface area contributed by atoms with Gasteiger partial charge < -0.3 is 9.26 Å². The van der Waals surface area contributed by atoms with Gasteiger partial charge in [-0.2, -0.15) is 5.10 Å². The molecule has 4 aromatic heterocycles. The Morgan fingerprint density at radius 1 is 1.13 bits per heavy atom. The number of ether oxygens (including phenoxy) is 1. The van der Waals surface area contributed by atoms with E-state index in [1.165, 1.54) is 31.6 Å². The summed E-state index contributed by atoms with van der Waals surface area (Å²) >= 11 is 0. The lowest BCUT2D eigenvalue weighted by Crippen LogP contribution is -2.13. The minimum atomic E-state index is -3.98. The maximum atomic E-state index is 13.0. The van der Waals surface area contributed by atoms with Crippen molar-refractivity contribution in [2.24, 2.45) is 0 Å². The molecule has 0 saturated heterocycles. The first kappa shape index (κ1) is 18.9. The zero-order valence-corrected chi connectivity index (χ0v) is 16.9. The number of anilines is 1. The summed E-state index contributed by atoms with van der Waals surface area (Å²) in [5, 5.41) is 8.34. The Labute approximate surface area is 175 Å². The summed E-state index contributed by atoms with van der Waals surface area (Å²) in [4.78, 5) is 12.7. The van der Waals surface area contributed by atoms with E-state index in [9.17, 15) is 8.42 Å². The normalized spacial score (nSPS) is 11.8. The van der Waals surface area contributed by atoms with Crippen LogP contribution < -0.4 is 9.46 Å². The van der Waals surface area contributed by atoms with E-state index in [1.54, 1.807) is 35.3 Å². The molecule has 0 radical (unpaired) electrons. The number of hydrogen-bond donors (Lipinski definition) is 1. The summed E-state index contributed by atoms with van der Waals surface area (Å²) in [6, 6.07) is 7.93. The number of nitrogens with zero attached hydrogens (tertiary/aromatic N) is 6. The average molecular weight is 437 g/mol. The molecule has 156 valence electrons. The summed E-state index contributed by atoms with van der Waals surface area (Å²) in [5.74, 6) is 0.159. The van der Waals surface area contributed by atoms with E-state index in [0.717, 1.165) is 0 Å². The summed E-state index contributed by atoms with van der Waals surface area (Å²) in [6.07, 6.45) is 6.49. The lowest BCUT2D eigenvalue weighted by molar-refractivity contribution is 0.400. The standard InChI is InChI=1S/C19H15N7O4S/c1-29-19-17-16(9-12(23-19)11-26-8-2-5-22-26)30-24-18(17)25-31(27,28)13-3-4-14-15(10-13)21-7-6-20-14/h2-10H,11H2,1H3,(H,24,25). The molecule has 0 bridgehead atoms. The third-order valence-corrected chi connectivity index (χ3v) is 5.87. The van der Waals surface area contributed by atoms with Crippen LogP contribution in [0.4, 0.5) is 5.82 Å². The Kier molecular flexibility index (Phi) is 4.47. The van der Waals surface area contributed by atoms with Crippen LogP contribution in [0.5, 0.6) is 5.88 Å². The highest BCUT2D eigenvalue weighted by Crippen LogP contribution is 2.33. The lowest BCUT2D eigenvalue weighted by atomic mass is 10.2. The molecule has 12 heteroatoms. The second kappa shape index (κ2) is 7.32. The van der Waals surface area contributed by atoms with Crippen LogP contribution in [-0.4, -0.2) is 45.4 Å². The number of rotatable bonds is 6. The van der Waals surface area contributed by atoms with E-state index in [0.29, 0.717) is 34.2 Å². The second-order valence-corrected chi connectivity index (χ2v) is 8.23. The molecule has 1 aromatic carbocycles. The monoisotopic (exact) mass is 437 g/mol. The molecule has 0 aliphatic heterocycles. The fourth-order valence-corrected chi connectivity index (χ4v) is 4.16. The van der Waals surface area contributed by atoms with E-state index in [4.69, 9.17) is 9.26 Å². The third kappa shape index (κ3) is 3.53. The molecule has 0 amide bonds. The summed E-state index contributed by atoms with van der Waals surface area (Å²) in [7, 11) is -2.54. The predicted octanol–water partition coefficient (Wildman–Crippen LogP) is 2.22. The molecule has 0 saturated carbocycles. The van der Waals surface area contributed by atoms with Crippen molar-refractivity contribution < 1.29 is 17.7 Å². The minimum Gasteiger partial charge on any atom is -0.480 e. The summed E-state index contributed by atoms with van der Waals surface area (Å²) in [5.41, 5.74) is 1.99. The molecule has 0 aliphatic carbocycles. The van der Waals surface area contributed by atoms with Gasteiger partial charge in [-0.25, -0.2) is 13.4 Å². The highest BCUT2D eigenvalue weighted by molar-refractivity contribution is 7.92. The van der Waals surface area contributed by atoms with Gasteiger partial charge in [0, 0.05) is 30.9 Å². The number of sulfonamides is 1. The van der Waals surface area contributed by atoms with Gasteiger partial charge in [-0.05, 0) is 24.3 Å². The number of benzene rings is 1. The molecular formula is C19H15N7O4S. The van der Waals surface area contributed by atoms with E-state index < -0.39 is 10.0 Å². The van der Waals surface area contributed by atoms with Crippen LogP contribution in [0.15, 0.2) is 64.5 Å². The SMILES string of the molecule is COc1nc(Cn2cccn2)cc2onc(NS(=O)(=O)c3ccc4nccnc4c3)c12. The van der Waals surface area contributed by atoms with E-state index in [2.05, 4.69) is 29.9 Å². The van der Waals surface area contributed by atoms with Gasteiger partial charge in [-0.3, -0.25) is 19.4 Å². The Morgan fingerprint density at radius 3 is 2.74 bits per heavy atom. The molecule has 4 heterocycles.